The highest BCUT2D eigenvalue weighted by Gasteiger charge is 2.23. The van der Waals surface area contributed by atoms with Gasteiger partial charge in [0.05, 0.1) is 34.5 Å². The normalized spacial score (nSPS) is 18.6. The molecule has 4 aromatic rings. The summed E-state index contributed by atoms with van der Waals surface area (Å²) in [5.74, 6) is -0.338. The molecule has 0 aliphatic heterocycles. The van der Waals surface area contributed by atoms with Crippen molar-refractivity contribution in [1.82, 2.24) is 19.9 Å². The summed E-state index contributed by atoms with van der Waals surface area (Å²) in [7, 11) is 0. The van der Waals surface area contributed by atoms with Gasteiger partial charge < -0.3 is 15.5 Å². The van der Waals surface area contributed by atoms with Gasteiger partial charge in [0.25, 0.3) is 0 Å². The average molecular weight is 428 g/mol. The minimum Gasteiger partial charge on any atom is -0.459 e. The number of aromatic amines is 1. The zero-order chi connectivity index (χ0) is 22.1. The molecule has 1 aliphatic carbocycles. The number of nitrogens with two attached hydrogens (primary N) is 1. The molecule has 162 valence electrons. The van der Waals surface area contributed by atoms with E-state index in [0.29, 0.717) is 5.56 Å². The van der Waals surface area contributed by atoms with Crippen molar-refractivity contribution in [2.75, 3.05) is 0 Å². The van der Waals surface area contributed by atoms with Crippen molar-refractivity contribution < 1.29 is 9.53 Å². The summed E-state index contributed by atoms with van der Waals surface area (Å²) in [4.78, 5) is 29.5. The number of nitrogens with zero attached hydrogens (tertiary/aromatic N) is 3. The summed E-state index contributed by atoms with van der Waals surface area (Å²) >= 11 is 0. The minimum atomic E-state index is -0.338. The largest absolute Gasteiger partial charge is 0.459 e. The number of carbonyl (C=O) groups excluding carboxylic acids is 1. The van der Waals surface area contributed by atoms with Crippen LogP contribution in [0.2, 0.25) is 0 Å². The van der Waals surface area contributed by atoms with Crippen molar-refractivity contribution in [3.8, 4) is 22.6 Å². The van der Waals surface area contributed by atoms with Crippen molar-refractivity contribution >= 4 is 16.9 Å². The summed E-state index contributed by atoms with van der Waals surface area (Å²) in [5, 5.41) is 0.855. The molecule has 0 spiro atoms. The second-order valence-electron chi connectivity index (χ2n) is 8.36. The van der Waals surface area contributed by atoms with E-state index in [2.05, 4.69) is 19.9 Å². The first-order valence-electron chi connectivity index (χ1n) is 10.9. The van der Waals surface area contributed by atoms with Gasteiger partial charge >= 0.3 is 5.97 Å². The Balaban J connectivity index is 1.43. The molecule has 3 heterocycles. The van der Waals surface area contributed by atoms with E-state index in [4.69, 9.17) is 10.5 Å². The van der Waals surface area contributed by atoms with Crippen molar-refractivity contribution in [2.45, 2.75) is 44.8 Å². The molecule has 0 atom stereocenters. The lowest BCUT2D eigenvalue weighted by atomic mass is 9.94. The maximum Gasteiger partial charge on any atom is 0.339 e. The lowest BCUT2D eigenvalue weighted by Gasteiger charge is -2.25. The molecule has 32 heavy (non-hydrogen) atoms. The van der Waals surface area contributed by atoms with E-state index in [1.165, 1.54) is 0 Å². The number of ether oxygens (including phenoxy) is 1. The molecule has 1 fully saturated rings. The van der Waals surface area contributed by atoms with Gasteiger partial charge in [0.2, 0.25) is 0 Å². The molecule has 0 bridgehead atoms. The second kappa shape index (κ2) is 8.51. The lowest BCUT2D eigenvalue weighted by molar-refractivity contribution is 0.0197. The van der Waals surface area contributed by atoms with E-state index in [0.717, 1.165) is 64.9 Å². The Morgan fingerprint density at radius 2 is 1.94 bits per heavy atom. The van der Waals surface area contributed by atoms with Crippen LogP contribution in [-0.4, -0.2) is 38.1 Å². The van der Waals surface area contributed by atoms with E-state index >= 15 is 0 Å². The fourth-order valence-corrected chi connectivity index (χ4v) is 4.21. The maximum atomic E-state index is 12.7. The average Bonchev–Trinajstić information content (AvgIpc) is 3.30. The predicted molar refractivity (Wildman–Crippen MR) is 123 cm³/mol. The third kappa shape index (κ3) is 4.11. The number of aryl methyl sites for hydroxylation is 1. The standard InChI is InChI=1S/C25H25N5O2/c1-15-3-2-4-22(30-15)24-23(28-14-29-24)16-5-10-21-17(11-16)12-18(13-27-21)25(31)32-20-8-6-19(26)7-9-20/h2-5,10-14,19-20H,6-9,26H2,1H3,(H,28,29)/t19-,20+. The predicted octanol–water partition coefficient (Wildman–Crippen LogP) is 4.42. The fraction of sp³-hybridized carbons (Fsp3) is 0.280. The maximum absolute atomic E-state index is 12.7. The van der Waals surface area contributed by atoms with E-state index in [9.17, 15) is 4.79 Å². The zero-order valence-corrected chi connectivity index (χ0v) is 17.9. The first-order valence-corrected chi connectivity index (χ1v) is 10.9. The molecule has 1 aliphatic rings. The van der Waals surface area contributed by atoms with Crippen LogP contribution in [-0.2, 0) is 4.74 Å². The topological polar surface area (TPSA) is 107 Å². The quantitative estimate of drug-likeness (QED) is 0.467. The minimum absolute atomic E-state index is 0.0715. The number of rotatable bonds is 4. The van der Waals surface area contributed by atoms with E-state index < -0.39 is 0 Å². The van der Waals surface area contributed by atoms with Crippen LogP contribution in [0.5, 0.6) is 0 Å². The Morgan fingerprint density at radius 3 is 2.75 bits per heavy atom. The third-order valence-electron chi connectivity index (χ3n) is 5.97. The molecule has 0 saturated heterocycles. The Bertz CT molecular complexity index is 1270. The smallest absolute Gasteiger partial charge is 0.339 e. The van der Waals surface area contributed by atoms with Gasteiger partial charge in [0, 0.05) is 28.9 Å². The number of esters is 1. The number of imidazole rings is 1. The number of pyridine rings is 2. The highest BCUT2D eigenvalue weighted by molar-refractivity contribution is 5.95. The summed E-state index contributed by atoms with van der Waals surface area (Å²) in [6.07, 6.45) is 6.58. The van der Waals surface area contributed by atoms with Crippen molar-refractivity contribution in [2.24, 2.45) is 5.73 Å². The van der Waals surface area contributed by atoms with Crippen molar-refractivity contribution in [1.29, 1.82) is 0 Å². The van der Waals surface area contributed by atoms with Crippen LogP contribution in [0, 0.1) is 6.92 Å². The lowest BCUT2D eigenvalue weighted by Crippen LogP contribution is -2.31. The van der Waals surface area contributed by atoms with Gasteiger partial charge in [0.1, 0.15) is 6.10 Å². The second-order valence-corrected chi connectivity index (χ2v) is 8.36. The van der Waals surface area contributed by atoms with Crippen LogP contribution in [0.25, 0.3) is 33.5 Å². The Kier molecular flexibility index (Phi) is 5.41. The van der Waals surface area contributed by atoms with Crippen molar-refractivity contribution in [3.05, 3.63) is 66.2 Å². The molecule has 5 rings (SSSR count). The molecule has 1 saturated carbocycles. The summed E-state index contributed by atoms with van der Waals surface area (Å²) < 4.78 is 5.71. The van der Waals surface area contributed by atoms with Crippen LogP contribution < -0.4 is 5.73 Å². The van der Waals surface area contributed by atoms with E-state index in [1.54, 1.807) is 12.5 Å². The number of hydrogen-bond donors (Lipinski definition) is 2. The molecule has 0 amide bonds. The van der Waals surface area contributed by atoms with Crippen LogP contribution >= 0.6 is 0 Å². The van der Waals surface area contributed by atoms with Gasteiger partial charge in [-0.2, -0.15) is 0 Å². The molecule has 1 aromatic carbocycles. The number of carbonyl (C=O) groups is 1. The van der Waals surface area contributed by atoms with Crippen LogP contribution in [0.3, 0.4) is 0 Å². The molecule has 0 radical (unpaired) electrons. The molecular formula is C25H25N5O2. The summed E-state index contributed by atoms with van der Waals surface area (Å²) in [5.41, 5.74) is 11.6. The van der Waals surface area contributed by atoms with E-state index in [1.807, 2.05) is 49.4 Å². The SMILES string of the molecule is Cc1cccc(-c2[nH]cnc2-c2ccc3ncc(C(=O)O[C@H]4CC[C@@H](N)CC4)cc3c2)n1. The molecule has 3 aromatic heterocycles. The van der Waals surface area contributed by atoms with Gasteiger partial charge in [-0.05, 0) is 62.9 Å². The number of hydrogen-bond acceptors (Lipinski definition) is 6. The molecule has 3 N–H and O–H groups in total. The Morgan fingerprint density at radius 1 is 1.09 bits per heavy atom. The molecular weight excluding hydrogens is 402 g/mol. The van der Waals surface area contributed by atoms with Gasteiger partial charge in [-0.15, -0.1) is 0 Å². The number of H-pyrrole nitrogens is 1. The van der Waals surface area contributed by atoms with Crippen LogP contribution in [0.1, 0.15) is 41.7 Å². The van der Waals surface area contributed by atoms with Crippen LogP contribution in [0.4, 0.5) is 0 Å². The molecule has 7 heteroatoms. The fourth-order valence-electron chi connectivity index (χ4n) is 4.21. The Labute approximate surface area is 186 Å². The summed E-state index contributed by atoms with van der Waals surface area (Å²) in [6, 6.07) is 13.9. The summed E-state index contributed by atoms with van der Waals surface area (Å²) in [6.45, 7) is 1.96. The highest BCUT2D eigenvalue weighted by atomic mass is 16.5. The number of nitrogens with one attached hydrogen (secondary N) is 1. The highest BCUT2D eigenvalue weighted by Crippen LogP contribution is 2.30. The first-order chi connectivity index (χ1) is 15.6. The number of aromatic nitrogens is 4. The van der Waals surface area contributed by atoms with Crippen molar-refractivity contribution in [3.63, 3.8) is 0 Å². The third-order valence-corrected chi connectivity index (χ3v) is 5.97. The van der Waals surface area contributed by atoms with Gasteiger partial charge in [-0.25, -0.2) is 9.78 Å². The van der Waals surface area contributed by atoms with Gasteiger partial charge in [0.15, 0.2) is 0 Å². The monoisotopic (exact) mass is 427 g/mol. The zero-order valence-electron chi connectivity index (χ0n) is 17.9. The first kappa shape index (κ1) is 20.3. The molecule has 7 nitrogen and oxygen atoms in total. The van der Waals surface area contributed by atoms with Gasteiger partial charge in [-0.1, -0.05) is 12.1 Å². The van der Waals surface area contributed by atoms with E-state index in [-0.39, 0.29) is 18.1 Å². The van der Waals surface area contributed by atoms with Crippen LogP contribution in [0.15, 0.2) is 55.0 Å². The van der Waals surface area contributed by atoms with Gasteiger partial charge in [-0.3, -0.25) is 9.97 Å². The number of fused-ring (bicyclic) bond motifs is 1. The Hall–Kier alpha value is -3.58. The molecule has 0 unspecified atom stereocenters. The number of benzene rings is 1.